The number of aryl methyl sites for hydroxylation is 4. The van der Waals surface area contributed by atoms with Crippen molar-refractivity contribution in [1.82, 2.24) is 5.32 Å². The minimum absolute atomic E-state index is 0.214. The van der Waals surface area contributed by atoms with Gasteiger partial charge in [0, 0.05) is 5.69 Å². The number of carbonyl (C=O) groups excluding carboxylic acids is 3. The lowest BCUT2D eigenvalue weighted by Gasteiger charge is -2.12. The van der Waals surface area contributed by atoms with E-state index in [4.69, 9.17) is 9.15 Å². The first-order valence-electron chi connectivity index (χ1n) is 8.15. The van der Waals surface area contributed by atoms with Gasteiger partial charge in [0.25, 0.3) is 5.91 Å². The van der Waals surface area contributed by atoms with Crippen LogP contribution in [0.5, 0.6) is 0 Å². The highest BCUT2D eigenvalue weighted by Gasteiger charge is 2.16. The first kappa shape index (κ1) is 19.2. The number of esters is 1. The van der Waals surface area contributed by atoms with E-state index in [1.54, 1.807) is 19.9 Å². The number of rotatable bonds is 6. The molecule has 1 aromatic heterocycles. The van der Waals surface area contributed by atoms with E-state index in [0.717, 1.165) is 16.8 Å². The van der Waals surface area contributed by atoms with Crippen LogP contribution in [-0.2, 0) is 14.3 Å². The first-order valence-corrected chi connectivity index (χ1v) is 8.15. The first-order chi connectivity index (χ1) is 12.3. The lowest BCUT2D eigenvalue weighted by Crippen LogP contribution is -2.35. The second-order valence-corrected chi connectivity index (χ2v) is 5.99. The van der Waals surface area contributed by atoms with Crippen molar-refractivity contribution in [1.29, 1.82) is 0 Å². The Hall–Kier alpha value is -3.09. The average molecular weight is 358 g/mol. The van der Waals surface area contributed by atoms with Gasteiger partial charge in [-0.3, -0.25) is 9.59 Å². The van der Waals surface area contributed by atoms with Crippen LogP contribution in [0.2, 0.25) is 0 Å². The van der Waals surface area contributed by atoms with Gasteiger partial charge in [-0.05, 0) is 44.9 Å². The Labute approximate surface area is 151 Å². The number of furan rings is 1. The highest BCUT2D eigenvalue weighted by atomic mass is 16.5. The van der Waals surface area contributed by atoms with E-state index in [0.29, 0.717) is 11.5 Å². The molecule has 2 aromatic rings. The van der Waals surface area contributed by atoms with Crippen molar-refractivity contribution in [2.24, 2.45) is 0 Å². The molecule has 0 fully saturated rings. The molecular formula is C19H22N2O5. The number of anilines is 1. The van der Waals surface area contributed by atoms with E-state index < -0.39 is 18.5 Å². The summed E-state index contributed by atoms with van der Waals surface area (Å²) in [4.78, 5) is 35.6. The van der Waals surface area contributed by atoms with E-state index in [1.165, 1.54) is 0 Å². The van der Waals surface area contributed by atoms with Gasteiger partial charge in [-0.1, -0.05) is 18.2 Å². The molecule has 0 spiro atoms. The third-order valence-corrected chi connectivity index (χ3v) is 3.79. The molecule has 2 amide bonds. The quantitative estimate of drug-likeness (QED) is 0.773. The summed E-state index contributed by atoms with van der Waals surface area (Å²) >= 11 is 0. The number of amides is 2. The predicted octanol–water partition coefficient (Wildman–Crippen LogP) is 2.42. The van der Waals surface area contributed by atoms with Crippen LogP contribution in [-0.4, -0.2) is 30.9 Å². The maximum Gasteiger partial charge on any atom is 0.342 e. The molecule has 0 bridgehead atoms. The van der Waals surface area contributed by atoms with Crippen molar-refractivity contribution in [3.8, 4) is 0 Å². The molecule has 2 rings (SSSR count). The number of benzene rings is 1. The molecule has 0 atom stereocenters. The molecule has 2 N–H and O–H groups in total. The van der Waals surface area contributed by atoms with Crippen molar-refractivity contribution in [3.05, 3.63) is 52.5 Å². The smallest absolute Gasteiger partial charge is 0.342 e. The Morgan fingerprint density at radius 2 is 1.69 bits per heavy atom. The maximum absolute atomic E-state index is 12.0. The van der Waals surface area contributed by atoms with Gasteiger partial charge < -0.3 is 19.8 Å². The number of para-hydroxylation sites is 1. The van der Waals surface area contributed by atoms with Gasteiger partial charge in [0.2, 0.25) is 5.91 Å². The molecule has 26 heavy (non-hydrogen) atoms. The standard InChI is InChI=1S/C19H22N2O5/c1-11-6-5-7-12(2)18(11)21-16(22)9-20-17(23)10-25-19(24)15-8-13(3)26-14(15)4/h5-8H,9-10H2,1-4H3,(H,20,23)(H,21,22). The van der Waals surface area contributed by atoms with Gasteiger partial charge >= 0.3 is 5.97 Å². The van der Waals surface area contributed by atoms with Crippen LogP contribution in [0.4, 0.5) is 5.69 Å². The van der Waals surface area contributed by atoms with Gasteiger partial charge in [0.1, 0.15) is 17.1 Å². The Bertz CT molecular complexity index is 818. The van der Waals surface area contributed by atoms with Crippen LogP contribution in [0.15, 0.2) is 28.7 Å². The predicted molar refractivity (Wildman–Crippen MR) is 96.0 cm³/mol. The van der Waals surface area contributed by atoms with Crippen molar-refractivity contribution >= 4 is 23.5 Å². The van der Waals surface area contributed by atoms with E-state index >= 15 is 0 Å². The van der Waals surface area contributed by atoms with E-state index in [1.807, 2.05) is 32.0 Å². The molecule has 1 aromatic carbocycles. The minimum Gasteiger partial charge on any atom is -0.466 e. The lowest BCUT2D eigenvalue weighted by molar-refractivity contribution is -0.126. The van der Waals surface area contributed by atoms with E-state index in [2.05, 4.69) is 10.6 Å². The fraction of sp³-hybridized carbons (Fsp3) is 0.316. The van der Waals surface area contributed by atoms with Crippen molar-refractivity contribution in [2.75, 3.05) is 18.5 Å². The highest BCUT2D eigenvalue weighted by molar-refractivity contribution is 5.96. The van der Waals surface area contributed by atoms with E-state index in [-0.39, 0.29) is 18.0 Å². The van der Waals surface area contributed by atoms with E-state index in [9.17, 15) is 14.4 Å². The minimum atomic E-state index is -0.644. The van der Waals surface area contributed by atoms with Crippen LogP contribution in [0, 0.1) is 27.7 Å². The maximum atomic E-state index is 12.0. The third kappa shape index (κ3) is 4.95. The van der Waals surface area contributed by atoms with Crippen LogP contribution in [0.1, 0.15) is 33.0 Å². The van der Waals surface area contributed by atoms with Crippen LogP contribution >= 0.6 is 0 Å². The molecular weight excluding hydrogens is 336 g/mol. The molecule has 0 radical (unpaired) electrons. The van der Waals surface area contributed by atoms with Gasteiger partial charge in [-0.25, -0.2) is 4.79 Å². The summed E-state index contributed by atoms with van der Waals surface area (Å²) in [5.74, 6) is -0.547. The Balaban J connectivity index is 1.79. The molecule has 7 nitrogen and oxygen atoms in total. The summed E-state index contributed by atoms with van der Waals surface area (Å²) in [6.07, 6.45) is 0. The summed E-state index contributed by atoms with van der Waals surface area (Å²) in [5.41, 5.74) is 2.88. The molecule has 7 heteroatoms. The summed E-state index contributed by atoms with van der Waals surface area (Å²) < 4.78 is 10.2. The number of carbonyl (C=O) groups is 3. The summed E-state index contributed by atoms with van der Waals surface area (Å²) in [6.45, 7) is 6.44. The number of ether oxygens (including phenoxy) is 1. The fourth-order valence-electron chi connectivity index (χ4n) is 2.47. The normalized spacial score (nSPS) is 10.3. The number of hydrogen-bond donors (Lipinski definition) is 2. The fourth-order valence-corrected chi connectivity index (χ4v) is 2.47. The van der Waals surface area contributed by atoms with Gasteiger partial charge in [0.05, 0.1) is 6.54 Å². The Kier molecular flexibility index (Phi) is 6.16. The zero-order chi connectivity index (χ0) is 19.3. The zero-order valence-electron chi connectivity index (χ0n) is 15.3. The largest absolute Gasteiger partial charge is 0.466 e. The lowest BCUT2D eigenvalue weighted by atomic mass is 10.1. The van der Waals surface area contributed by atoms with Gasteiger partial charge in [-0.2, -0.15) is 0 Å². The summed E-state index contributed by atoms with van der Waals surface area (Å²) in [6, 6.07) is 7.23. The van der Waals surface area contributed by atoms with Gasteiger partial charge in [0.15, 0.2) is 6.61 Å². The van der Waals surface area contributed by atoms with Crippen molar-refractivity contribution in [2.45, 2.75) is 27.7 Å². The second kappa shape index (κ2) is 8.33. The average Bonchev–Trinajstić information content (AvgIpc) is 2.92. The molecule has 0 aliphatic carbocycles. The topological polar surface area (TPSA) is 97.6 Å². The van der Waals surface area contributed by atoms with Crippen LogP contribution in [0.25, 0.3) is 0 Å². The van der Waals surface area contributed by atoms with Gasteiger partial charge in [-0.15, -0.1) is 0 Å². The molecule has 1 heterocycles. The van der Waals surface area contributed by atoms with Crippen LogP contribution in [0.3, 0.4) is 0 Å². The highest BCUT2D eigenvalue weighted by Crippen LogP contribution is 2.19. The summed E-state index contributed by atoms with van der Waals surface area (Å²) in [7, 11) is 0. The monoisotopic (exact) mass is 358 g/mol. The third-order valence-electron chi connectivity index (χ3n) is 3.79. The Morgan fingerprint density at radius 3 is 2.27 bits per heavy atom. The molecule has 138 valence electrons. The molecule has 0 aliphatic heterocycles. The number of nitrogens with one attached hydrogen (secondary N) is 2. The van der Waals surface area contributed by atoms with Crippen molar-refractivity contribution < 1.29 is 23.5 Å². The Morgan fingerprint density at radius 1 is 1.04 bits per heavy atom. The SMILES string of the molecule is Cc1cc(C(=O)OCC(=O)NCC(=O)Nc2c(C)cccc2C)c(C)o1. The molecule has 0 saturated carbocycles. The van der Waals surface area contributed by atoms with Crippen molar-refractivity contribution in [3.63, 3.8) is 0 Å². The molecule has 0 unspecified atom stereocenters. The second-order valence-electron chi connectivity index (χ2n) is 5.99. The molecule has 0 saturated heterocycles. The summed E-state index contributed by atoms with van der Waals surface area (Å²) in [5, 5.41) is 5.18. The molecule has 0 aliphatic rings. The van der Waals surface area contributed by atoms with Crippen LogP contribution < -0.4 is 10.6 Å². The number of hydrogen-bond acceptors (Lipinski definition) is 5. The zero-order valence-corrected chi connectivity index (χ0v) is 15.3.